The van der Waals surface area contributed by atoms with E-state index in [1.807, 2.05) is 0 Å². The summed E-state index contributed by atoms with van der Waals surface area (Å²) in [5.41, 5.74) is -5.12. The summed E-state index contributed by atoms with van der Waals surface area (Å²) in [6, 6.07) is 0. The molecule has 0 saturated heterocycles. The third-order valence-electron chi connectivity index (χ3n) is 5.10. The molecule has 0 fully saturated rings. The standard InChI is InChI=1S/C22H28N6O7S/c1-5-9-23-17(29)24(10-6-2)20(32)27(19(23)31)13-15-36(35)16-14-28-21(33)25(11-7-3)18(30)26(12-8-4)22(28)34/h5-8H,1-4,9-16H2. The number of rotatable bonds is 14. The summed E-state index contributed by atoms with van der Waals surface area (Å²) >= 11 is 0. The maximum Gasteiger partial charge on any atom is 0.336 e. The molecule has 0 atom stereocenters. The van der Waals surface area contributed by atoms with Gasteiger partial charge in [-0.25, -0.2) is 56.2 Å². The molecule has 2 aromatic rings. The first kappa shape index (κ1) is 28.2. The average molecular weight is 521 g/mol. The molecule has 0 bridgehead atoms. The van der Waals surface area contributed by atoms with Gasteiger partial charge in [0.15, 0.2) is 0 Å². The molecule has 0 amide bonds. The van der Waals surface area contributed by atoms with Crippen LogP contribution in [0.25, 0.3) is 0 Å². The molecule has 0 aromatic carbocycles. The lowest BCUT2D eigenvalue weighted by Crippen LogP contribution is -2.55. The summed E-state index contributed by atoms with van der Waals surface area (Å²) in [6.07, 6.45) is 5.32. The molecule has 0 aliphatic heterocycles. The number of hydrogen-bond donors (Lipinski definition) is 0. The van der Waals surface area contributed by atoms with Crippen molar-refractivity contribution >= 4 is 10.8 Å². The Labute approximate surface area is 206 Å². The first-order valence-electron chi connectivity index (χ1n) is 10.8. The summed E-state index contributed by atoms with van der Waals surface area (Å²) in [4.78, 5) is 75.5. The molecular formula is C22H28N6O7S. The van der Waals surface area contributed by atoms with Crippen molar-refractivity contribution in [2.75, 3.05) is 11.5 Å². The van der Waals surface area contributed by atoms with Gasteiger partial charge in [-0.15, -0.1) is 26.3 Å². The van der Waals surface area contributed by atoms with E-state index in [0.717, 1.165) is 27.4 Å². The number of nitrogens with zero attached hydrogens (tertiary/aromatic N) is 6. The summed E-state index contributed by atoms with van der Waals surface area (Å²) in [6.45, 7) is 12.9. The predicted molar refractivity (Wildman–Crippen MR) is 137 cm³/mol. The van der Waals surface area contributed by atoms with Crippen molar-refractivity contribution in [3.63, 3.8) is 0 Å². The molecule has 0 unspecified atom stereocenters. The molecule has 0 aliphatic carbocycles. The van der Waals surface area contributed by atoms with Crippen LogP contribution in [0.4, 0.5) is 0 Å². The summed E-state index contributed by atoms with van der Waals surface area (Å²) < 4.78 is 17.6. The Bertz CT molecular complexity index is 1350. The zero-order valence-electron chi connectivity index (χ0n) is 19.7. The Kier molecular flexibility index (Phi) is 9.84. The van der Waals surface area contributed by atoms with Crippen LogP contribution in [0.3, 0.4) is 0 Å². The predicted octanol–water partition coefficient (Wildman–Crippen LogP) is -2.15. The molecule has 2 heterocycles. The molecule has 2 aromatic heterocycles. The van der Waals surface area contributed by atoms with Gasteiger partial charge in [-0.05, 0) is 0 Å². The lowest BCUT2D eigenvalue weighted by atomic mass is 10.5. The van der Waals surface area contributed by atoms with Crippen molar-refractivity contribution in [3.8, 4) is 0 Å². The van der Waals surface area contributed by atoms with Crippen molar-refractivity contribution < 1.29 is 4.21 Å². The van der Waals surface area contributed by atoms with Gasteiger partial charge in [0.25, 0.3) is 0 Å². The minimum Gasteiger partial charge on any atom is -0.259 e. The van der Waals surface area contributed by atoms with Crippen LogP contribution in [0.2, 0.25) is 0 Å². The monoisotopic (exact) mass is 520 g/mol. The molecular weight excluding hydrogens is 492 g/mol. The van der Waals surface area contributed by atoms with Crippen molar-refractivity contribution in [2.45, 2.75) is 39.3 Å². The second-order valence-corrected chi connectivity index (χ2v) is 9.14. The van der Waals surface area contributed by atoms with Gasteiger partial charge in [0.1, 0.15) is 0 Å². The van der Waals surface area contributed by atoms with Crippen LogP contribution in [0.1, 0.15) is 0 Å². The van der Waals surface area contributed by atoms with E-state index in [4.69, 9.17) is 0 Å². The molecule has 0 radical (unpaired) electrons. The fourth-order valence-electron chi connectivity index (χ4n) is 3.38. The molecule has 2 rings (SSSR count). The molecule has 194 valence electrons. The molecule has 0 spiro atoms. The molecule has 36 heavy (non-hydrogen) atoms. The maximum atomic E-state index is 12.7. The highest BCUT2D eigenvalue weighted by Gasteiger charge is 2.17. The van der Waals surface area contributed by atoms with Crippen molar-refractivity contribution in [1.82, 2.24) is 27.4 Å². The largest absolute Gasteiger partial charge is 0.336 e. The first-order chi connectivity index (χ1) is 17.1. The van der Waals surface area contributed by atoms with Gasteiger partial charge in [-0.3, -0.25) is 4.21 Å². The van der Waals surface area contributed by atoms with Crippen LogP contribution in [-0.2, 0) is 50.1 Å². The molecule has 0 N–H and O–H groups in total. The minimum atomic E-state index is -1.68. The normalized spacial score (nSPS) is 10.9. The SMILES string of the molecule is C=CCn1c(=O)n(CC=C)c(=O)n(CCS(=O)CCn2c(=O)n(CC=C)c(=O)n(CC=C)c2=O)c1=O. The van der Waals surface area contributed by atoms with E-state index in [-0.39, 0.29) is 50.8 Å². The van der Waals surface area contributed by atoms with E-state index < -0.39 is 44.9 Å². The van der Waals surface area contributed by atoms with Crippen LogP contribution in [0, 0.1) is 0 Å². The zero-order valence-corrected chi connectivity index (χ0v) is 20.6. The third kappa shape index (κ3) is 5.76. The summed E-state index contributed by atoms with van der Waals surface area (Å²) in [7, 11) is -1.68. The van der Waals surface area contributed by atoms with Crippen molar-refractivity contribution in [1.29, 1.82) is 0 Å². The summed E-state index contributed by atoms with van der Waals surface area (Å²) in [5, 5.41) is 0. The molecule has 14 heteroatoms. The fourth-order valence-corrected chi connectivity index (χ4v) is 4.35. The van der Waals surface area contributed by atoms with Crippen LogP contribution in [-0.4, -0.2) is 43.1 Å². The summed E-state index contributed by atoms with van der Waals surface area (Å²) in [5.74, 6) is -0.338. The van der Waals surface area contributed by atoms with Gasteiger partial charge in [0, 0.05) is 35.4 Å². The highest BCUT2D eigenvalue weighted by molar-refractivity contribution is 7.84. The topological polar surface area (TPSA) is 149 Å². The van der Waals surface area contributed by atoms with Crippen molar-refractivity contribution in [2.24, 2.45) is 0 Å². The first-order valence-corrected chi connectivity index (χ1v) is 12.3. The lowest BCUT2D eigenvalue weighted by Gasteiger charge is -2.13. The van der Waals surface area contributed by atoms with Gasteiger partial charge in [0.05, 0.1) is 26.2 Å². The van der Waals surface area contributed by atoms with Gasteiger partial charge in [0.2, 0.25) is 0 Å². The molecule has 0 saturated carbocycles. The second kappa shape index (κ2) is 12.6. The van der Waals surface area contributed by atoms with Crippen LogP contribution < -0.4 is 34.1 Å². The smallest absolute Gasteiger partial charge is 0.259 e. The maximum absolute atomic E-state index is 12.7. The van der Waals surface area contributed by atoms with Crippen molar-refractivity contribution in [3.05, 3.63) is 114 Å². The van der Waals surface area contributed by atoms with E-state index in [9.17, 15) is 33.0 Å². The number of aromatic nitrogens is 6. The van der Waals surface area contributed by atoms with Gasteiger partial charge in [-0.2, -0.15) is 0 Å². The second-order valence-electron chi connectivity index (χ2n) is 7.44. The lowest BCUT2D eigenvalue weighted by molar-refractivity contribution is 0.488. The van der Waals surface area contributed by atoms with Crippen LogP contribution in [0.5, 0.6) is 0 Å². The van der Waals surface area contributed by atoms with E-state index in [1.54, 1.807) is 0 Å². The van der Waals surface area contributed by atoms with Gasteiger partial charge in [-0.1, -0.05) is 24.3 Å². The number of allylic oxidation sites excluding steroid dienone is 4. The van der Waals surface area contributed by atoms with E-state index >= 15 is 0 Å². The minimum absolute atomic E-state index is 0.126. The Hall–Kier alpha value is -4.07. The third-order valence-corrected chi connectivity index (χ3v) is 6.38. The van der Waals surface area contributed by atoms with Crippen LogP contribution >= 0.6 is 0 Å². The Morgan fingerprint density at radius 2 is 0.694 bits per heavy atom. The Morgan fingerprint density at radius 1 is 0.472 bits per heavy atom. The number of hydrogen-bond acceptors (Lipinski definition) is 7. The fraction of sp³-hybridized carbons (Fsp3) is 0.364. The van der Waals surface area contributed by atoms with E-state index in [0.29, 0.717) is 0 Å². The zero-order chi connectivity index (χ0) is 27.0. The highest BCUT2D eigenvalue weighted by Crippen LogP contribution is 1.89. The Balaban J connectivity index is 2.34. The Morgan fingerprint density at radius 3 is 0.917 bits per heavy atom. The molecule has 0 aliphatic rings. The quantitative estimate of drug-likeness (QED) is 0.258. The van der Waals surface area contributed by atoms with E-state index in [2.05, 4.69) is 26.3 Å². The van der Waals surface area contributed by atoms with E-state index in [1.165, 1.54) is 24.3 Å². The highest BCUT2D eigenvalue weighted by atomic mass is 32.2. The van der Waals surface area contributed by atoms with Gasteiger partial charge < -0.3 is 0 Å². The van der Waals surface area contributed by atoms with Crippen LogP contribution in [0.15, 0.2) is 79.4 Å². The van der Waals surface area contributed by atoms with Gasteiger partial charge >= 0.3 is 34.1 Å². The molecule has 13 nitrogen and oxygen atoms in total. The average Bonchev–Trinajstić information content (AvgIpc) is 2.84.